The first-order chi connectivity index (χ1) is 7.06. The largest absolute Gasteiger partial charge is 0.360 e. The zero-order valence-electron chi connectivity index (χ0n) is 7.82. The molecule has 0 saturated heterocycles. The van der Waals surface area contributed by atoms with Gasteiger partial charge in [-0.1, -0.05) is 6.07 Å². The molecule has 1 heterocycles. The molecule has 1 aromatic carbocycles. The Bertz CT molecular complexity index is 603. The lowest BCUT2D eigenvalue weighted by Gasteiger charge is -2.05. The second-order valence-electron chi connectivity index (χ2n) is 2.94. The smallest absolute Gasteiger partial charge is 0.299 e. The highest BCUT2D eigenvalue weighted by atomic mass is 79.9. The van der Waals surface area contributed by atoms with Crippen LogP contribution < -0.4 is 0 Å². The molecule has 2 rings (SSSR count). The summed E-state index contributed by atoms with van der Waals surface area (Å²) in [5.74, 6) is 0. The van der Waals surface area contributed by atoms with Gasteiger partial charge in [-0.25, -0.2) is 0 Å². The van der Waals surface area contributed by atoms with Gasteiger partial charge in [0.05, 0.1) is 12.6 Å². The number of aromatic amines is 1. The lowest BCUT2D eigenvalue weighted by Crippen LogP contribution is -2.04. The van der Waals surface area contributed by atoms with Gasteiger partial charge in [-0.3, -0.25) is 4.18 Å². The fourth-order valence-electron chi connectivity index (χ4n) is 1.40. The van der Waals surface area contributed by atoms with Crippen LogP contribution in [0, 0.1) is 0 Å². The van der Waals surface area contributed by atoms with Crippen molar-refractivity contribution in [3.63, 3.8) is 0 Å². The highest BCUT2D eigenvalue weighted by molar-refractivity contribution is 9.10. The van der Waals surface area contributed by atoms with E-state index in [2.05, 4.69) is 25.1 Å². The predicted octanol–water partition coefficient (Wildman–Crippen LogP) is 2.27. The van der Waals surface area contributed by atoms with E-state index in [1.54, 1.807) is 18.3 Å². The van der Waals surface area contributed by atoms with Gasteiger partial charge in [0.25, 0.3) is 10.1 Å². The third-order valence-electron chi connectivity index (χ3n) is 2.10. The number of benzene rings is 1. The molecule has 1 aromatic heterocycles. The van der Waals surface area contributed by atoms with Crippen LogP contribution >= 0.6 is 15.9 Å². The topological polar surface area (TPSA) is 59.2 Å². The molecule has 0 spiro atoms. The summed E-state index contributed by atoms with van der Waals surface area (Å²) in [7, 11) is -2.56. The SMILES string of the molecule is COS(=O)(=O)c1c(Br)ccc2cc[nH]c12. The Morgan fingerprint density at radius 2 is 2.07 bits per heavy atom. The van der Waals surface area contributed by atoms with Crippen molar-refractivity contribution in [2.75, 3.05) is 7.11 Å². The zero-order chi connectivity index (χ0) is 11.1. The number of aromatic nitrogens is 1. The monoisotopic (exact) mass is 289 g/mol. The third-order valence-corrected chi connectivity index (χ3v) is 4.39. The van der Waals surface area contributed by atoms with E-state index in [4.69, 9.17) is 0 Å². The van der Waals surface area contributed by atoms with E-state index >= 15 is 0 Å². The van der Waals surface area contributed by atoms with Gasteiger partial charge >= 0.3 is 0 Å². The molecule has 0 unspecified atom stereocenters. The van der Waals surface area contributed by atoms with E-state index < -0.39 is 10.1 Å². The number of rotatable bonds is 2. The number of nitrogens with one attached hydrogen (secondary N) is 1. The molecule has 80 valence electrons. The molecule has 0 aliphatic rings. The van der Waals surface area contributed by atoms with Crippen LogP contribution in [-0.2, 0) is 14.3 Å². The minimum Gasteiger partial charge on any atom is -0.360 e. The van der Waals surface area contributed by atoms with Crippen molar-refractivity contribution >= 4 is 37.0 Å². The molecule has 0 aliphatic carbocycles. The lowest BCUT2D eigenvalue weighted by atomic mass is 10.2. The van der Waals surface area contributed by atoms with Crippen LogP contribution in [0.1, 0.15) is 0 Å². The van der Waals surface area contributed by atoms with E-state index in [-0.39, 0.29) is 4.90 Å². The molecule has 2 aromatic rings. The van der Waals surface area contributed by atoms with Crippen LogP contribution in [0.3, 0.4) is 0 Å². The Kier molecular flexibility index (Phi) is 2.57. The Labute approximate surface area is 95.5 Å². The molecule has 15 heavy (non-hydrogen) atoms. The van der Waals surface area contributed by atoms with Gasteiger partial charge < -0.3 is 4.98 Å². The summed E-state index contributed by atoms with van der Waals surface area (Å²) in [6.07, 6.45) is 1.69. The minimum absolute atomic E-state index is 0.132. The summed E-state index contributed by atoms with van der Waals surface area (Å²) in [5.41, 5.74) is 0.547. The van der Waals surface area contributed by atoms with Gasteiger partial charge in [-0.2, -0.15) is 8.42 Å². The summed E-state index contributed by atoms with van der Waals surface area (Å²) in [6.45, 7) is 0. The van der Waals surface area contributed by atoms with Crippen molar-refractivity contribution in [3.05, 3.63) is 28.9 Å². The average molecular weight is 290 g/mol. The van der Waals surface area contributed by atoms with Crippen molar-refractivity contribution in [2.45, 2.75) is 4.90 Å². The number of fused-ring (bicyclic) bond motifs is 1. The highest BCUT2D eigenvalue weighted by Gasteiger charge is 2.21. The van der Waals surface area contributed by atoms with Crippen molar-refractivity contribution in [1.82, 2.24) is 4.98 Å². The molecular formula is C9H8BrNO3S. The van der Waals surface area contributed by atoms with Crippen molar-refractivity contribution in [2.24, 2.45) is 0 Å². The molecule has 0 aliphatic heterocycles. The molecule has 0 saturated carbocycles. The number of hydrogen-bond acceptors (Lipinski definition) is 3. The summed E-state index contributed by atoms with van der Waals surface area (Å²) >= 11 is 3.20. The van der Waals surface area contributed by atoms with Gasteiger partial charge in [0.15, 0.2) is 0 Å². The number of hydrogen-bond donors (Lipinski definition) is 1. The van der Waals surface area contributed by atoms with Gasteiger partial charge in [0.1, 0.15) is 4.90 Å². The predicted molar refractivity (Wildman–Crippen MR) is 60.2 cm³/mol. The standard InChI is InChI=1S/C9H8BrNO3S/c1-14-15(12,13)9-7(10)3-2-6-4-5-11-8(6)9/h2-5,11H,1H3. The van der Waals surface area contributed by atoms with Crippen LogP contribution in [0.5, 0.6) is 0 Å². The quantitative estimate of drug-likeness (QED) is 0.863. The van der Waals surface area contributed by atoms with Crippen LogP contribution in [0.2, 0.25) is 0 Å². The van der Waals surface area contributed by atoms with Gasteiger partial charge in [0.2, 0.25) is 0 Å². The van der Waals surface area contributed by atoms with Crippen molar-refractivity contribution in [3.8, 4) is 0 Å². The molecular weight excluding hydrogens is 282 g/mol. The van der Waals surface area contributed by atoms with E-state index in [0.717, 1.165) is 12.5 Å². The Hall–Kier alpha value is -0.850. The summed E-state index contributed by atoms with van der Waals surface area (Å²) in [6, 6.07) is 5.31. The van der Waals surface area contributed by atoms with Crippen molar-refractivity contribution < 1.29 is 12.6 Å². The first-order valence-electron chi connectivity index (χ1n) is 4.12. The number of H-pyrrole nitrogens is 1. The molecule has 0 bridgehead atoms. The first kappa shape index (κ1) is 10.7. The van der Waals surface area contributed by atoms with Crippen molar-refractivity contribution in [1.29, 1.82) is 0 Å². The second kappa shape index (κ2) is 3.62. The Morgan fingerprint density at radius 1 is 1.33 bits per heavy atom. The summed E-state index contributed by atoms with van der Waals surface area (Å²) in [5, 5.41) is 0.828. The molecule has 0 fully saturated rings. The Balaban J connectivity index is 2.89. The normalized spacial score (nSPS) is 12.1. The maximum atomic E-state index is 11.7. The van der Waals surface area contributed by atoms with Crippen LogP contribution in [0.4, 0.5) is 0 Å². The van der Waals surface area contributed by atoms with Crippen LogP contribution in [0.25, 0.3) is 10.9 Å². The van der Waals surface area contributed by atoms with E-state index in [1.165, 1.54) is 0 Å². The summed E-state index contributed by atoms with van der Waals surface area (Å²) in [4.78, 5) is 3.01. The molecule has 0 amide bonds. The van der Waals surface area contributed by atoms with Crippen LogP contribution in [0.15, 0.2) is 33.8 Å². The van der Waals surface area contributed by atoms with Gasteiger partial charge in [0, 0.05) is 16.1 Å². The molecule has 4 nitrogen and oxygen atoms in total. The number of halogens is 1. The third kappa shape index (κ3) is 1.68. The van der Waals surface area contributed by atoms with E-state index in [1.807, 2.05) is 6.07 Å². The highest BCUT2D eigenvalue weighted by Crippen LogP contribution is 2.30. The molecule has 0 atom stereocenters. The second-order valence-corrected chi connectivity index (χ2v) is 5.44. The zero-order valence-corrected chi connectivity index (χ0v) is 10.2. The lowest BCUT2D eigenvalue weighted by molar-refractivity contribution is 0.398. The molecule has 1 N–H and O–H groups in total. The van der Waals surface area contributed by atoms with E-state index in [9.17, 15) is 8.42 Å². The van der Waals surface area contributed by atoms with Gasteiger partial charge in [-0.15, -0.1) is 0 Å². The maximum Gasteiger partial charge on any atom is 0.299 e. The Morgan fingerprint density at radius 3 is 2.73 bits per heavy atom. The van der Waals surface area contributed by atoms with Crippen LogP contribution in [-0.4, -0.2) is 20.5 Å². The fraction of sp³-hybridized carbons (Fsp3) is 0.111. The van der Waals surface area contributed by atoms with Gasteiger partial charge in [-0.05, 0) is 28.1 Å². The molecule has 6 heteroatoms. The first-order valence-corrected chi connectivity index (χ1v) is 6.32. The summed E-state index contributed by atoms with van der Waals surface area (Å²) < 4.78 is 28.3. The fourth-order valence-corrected chi connectivity index (χ4v) is 3.23. The average Bonchev–Trinajstić information content (AvgIpc) is 2.64. The maximum absolute atomic E-state index is 11.7. The van der Waals surface area contributed by atoms with E-state index in [0.29, 0.717) is 9.99 Å². The minimum atomic E-state index is -3.70. The molecule has 0 radical (unpaired) electrons.